The summed E-state index contributed by atoms with van der Waals surface area (Å²) in [7, 11) is 0. The van der Waals surface area contributed by atoms with Gasteiger partial charge in [0, 0.05) is 0 Å². The van der Waals surface area contributed by atoms with E-state index < -0.39 is 0 Å². The Kier molecular flexibility index (Phi) is 1.98. The Bertz CT molecular complexity index is 424. The predicted octanol–water partition coefficient (Wildman–Crippen LogP) is 1.05. The molecule has 0 aliphatic rings. The van der Waals surface area contributed by atoms with Crippen molar-refractivity contribution < 1.29 is 5.11 Å². The summed E-state index contributed by atoms with van der Waals surface area (Å²) in [5.41, 5.74) is 9.30. The molecule has 0 saturated carbocycles. The lowest BCUT2D eigenvalue weighted by Gasteiger charge is -2.06. The normalized spacial score (nSPS) is 10.0. The number of benzene rings is 1. The van der Waals surface area contributed by atoms with Gasteiger partial charge in [-0.2, -0.15) is 9.89 Å². The molecule has 1 aromatic heterocycles. The van der Waals surface area contributed by atoms with Crippen molar-refractivity contribution >= 4 is 11.5 Å². The Morgan fingerprint density at radius 2 is 2.00 bits per heavy atom. The molecule has 0 aliphatic carbocycles. The first-order valence-electron chi connectivity index (χ1n) is 4.12. The van der Waals surface area contributed by atoms with Gasteiger partial charge in [0.2, 0.25) is 0 Å². The van der Waals surface area contributed by atoms with Crippen molar-refractivity contribution in [3.05, 3.63) is 36.5 Å². The van der Waals surface area contributed by atoms with Crippen molar-refractivity contribution in [1.82, 2.24) is 9.89 Å². The maximum Gasteiger partial charge on any atom is 0.187 e. The van der Waals surface area contributed by atoms with Crippen LogP contribution in [0.15, 0.2) is 36.5 Å². The molecule has 0 fully saturated rings. The fraction of sp³-hybridized carbons (Fsp3) is 0. The Hall–Kier alpha value is -2.17. The Morgan fingerprint density at radius 1 is 1.29 bits per heavy atom. The zero-order valence-corrected chi connectivity index (χ0v) is 7.38. The molecule has 0 atom stereocenters. The van der Waals surface area contributed by atoms with Gasteiger partial charge < -0.3 is 10.8 Å². The number of rotatable bonds is 2. The van der Waals surface area contributed by atoms with Crippen molar-refractivity contribution in [2.45, 2.75) is 0 Å². The van der Waals surface area contributed by atoms with Gasteiger partial charge in [-0.05, 0) is 12.1 Å². The molecular weight excluding hydrogens is 180 g/mol. The van der Waals surface area contributed by atoms with Crippen LogP contribution in [0.3, 0.4) is 0 Å². The van der Waals surface area contributed by atoms with E-state index in [0.717, 1.165) is 5.69 Å². The standard InChI is InChI=1S/C9H10N4O/c10-9-8(14)6-11-13(9)12-7-4-2-1-3-5-7/h1-6,12,14H,10H2. The second-order valence-electron chi connectivity index (χ2n) is 2.80. The van der Waals surface area contributed by atoms with Crippen LogP contribution in [0.2, 0.25) is 0 Å². The first-order chi connectivity index (χ1) is 6.77. The molecule has 0 bridgehead atoms. The van der Waals surface area contributed by atoms with Crippen molar-refractivity contribution in [2.75, 3.05) is 11.2 Å². The van der Waals surface area contributed by atoms with Gasteiger partial charge in [0.05, 0.1) is 11.9 Å². The highest BCUT2D eigenvalue weighted by molar-refractivity contribution is 5.49. The third-order valence-corrected chi connectivity index (χ3v) is 1.79. The summed E-state index contributed by atoms with van der Waals surface area (Å²) in [5, 5.41) is 13.0. The van der Waals surface area contributed by atoms with Crippen LogP contribution in [-0.2, 0) is 0 Å². The highest BCUT2D eigenvalue weighted by atomic mass is 16.3. The minimum Gasteiger partial charge on any atom is -0.503 e. The lowest BCUT2D eigenvalue weighted by molar-refractivity contribution is 0.477. The fourth-order valence-electron chi connectivity index (χ4n) is 1.07. The number of hydrogen-bond acceptors (Lipinski definition) is 4. The summed E-state index contributed by atoms with van der Waals surface area (Å²) in [6.07, 6.45) is 1.28. The Balaban J connectivity index is 2.23. The minimum absolute atomic E-state index is 0.0339. The van der Waals surface area contributed by atoms with Crippen LogP contribution in [0.1, 0.15) is 0 Å². The van der Waals surface area contributed by atoms with Crippen molar-refractivity contribution in [2.24, 2.45) is 0 Å². The molecule has 0 aliphatic heterocycles. The fourth-order valence-corrected chi connectivity index (χ4v) is 1.07. The molecule has 4 N–H and O–H groups in total. The monoisotopic (exact) mass is 190 g/mol. The van der Waals surface area contributed by atoms with Crippen molar-refractivity contribution in [3.63, 3.8) is 0 Å². The molecule has 2 aromatic rings. The third-order valence-electron chi connectivity index (χ3n) is 1.79. The minimum atomic E-state index is -0.0339. The van der Waals surface area contributed by atoms with Gasteiger partial charge in [-0.15, -0.1) is 0 Å². The van der Waals surface area contributed by atoms with Gasteiger partial charge in [-0.1, -0.05) is 18.2 Å². The first-order valence-corrected chi connectivity index (χ1v) is 4.12. The lowest BCUT2D eigenvalue weighted by Crippen LogP contribution is -2.13. The van der Waals surface area contributed by atoms with Gasteiger partial charge in [-0.25, -0.2) is 0 Å². The summed E-state index contributed by atoms with van der Waals surface area (Å²) < 4.78 is 0. The van der Waals surface area contributed by atoms with Crippen LogP contribution < -0.4 is 11.2 Å². The second-order valence-corrected chi connectivity index (χ2v) is 2.80. The van der Waals surface area contributed by atoms with Gasteiger partial charge >= 0.3 is 0 Å². The molecule has 14 heavy (non-hydrogen) atoms. The number of nitrogens with zero attached hydrogens (tertiary/aromatic N) is 2. The highest BCUT2D eigenvalue weighted by Gasteiger charge is 2.04. The Labute approximate surface area is 80.7 Å². The van der Waals surface area contributed by atoms with E-state index in [1.54, 1.807) is 0 Å². The average Bonchev–Trinajstić information content (AvgIpc) is 2.52. The summed E-state index contributed by atoms with van der Waals surface area (Å²) >= 11 is 0. The maximum atomic E-state index is 9.17. The van der Waals surface area contributed by atoms with Gasteiger partial charge in [-0.3, -0.25) is 5.43 Å². The van der Waals surface area contributed by atoms with Crippen molar-refractivity contribution in [1.29, 1.82) is 0 Å². The number of anilines is 2. The van der Waals surface area contributed by atoms with Crippen LogP contribution in [-0.4, -0.2) is 15.0 Å². The number of aromatic nitrogens is 2. The molecule has 0 saturated heterocycles. The van der Waals surface area contributed by atoms with E-state index in [1.807, 2.05) is 30.3 Å². The molecule has 0 unspecified atom stereocenters. The van der Waals surface area contributed by atoms with E-state index in [0.29, 0.717) is 0 Å². The predicted molar refractivity (Wildman–Crippen MR) is 53.8 cm³/mol. The van der Waals surface area contributed by atoms with E-state index in [4.69, 9.17) is 10.8 Å². The van der Waals surface area contributed by atoms with Crippen LogP contribution in [0.4, 0.5) is 11.5 Å². The summed E-state index contributed by atoms with van der Waals surface area (Å²) in [6.45, 7) is 0. The van der Waals surface area contributed by atoms with E-state index in [1.165, 1.54) is 11.0 Å². The van der Waals surface area contributed by atoms with Crippen LogP contribution in [0.25, 0.3) is 0 Å². The molecular formula is C9H10N4O. The number of para-hydroxylation sites is 1. The largest absolute Gasteiger partial charge is 0.503 e. The van der Waals surface area contributed by atoms with Crippen LogP contribution >= 0.6 is 0 Å². The quantitative estimate of drug-likeness (QED) is 0.661. The molecule has 1 heterocycles. The lowest BCUT2D eigenvalue weighted by atomic mass is 10.3. The van der Waals surface area contributed by atoms with E-state index >= 15 is 0 Å². The summed E-state index contributed by atoms with van der Waals surface area (Å²) in [4.78, 5) is 1.31. The number of hydrogen-bond donors (Lipinski definition) is 3. The highest BCUT2D eigenvalue weighted by Crippen LogP contribution is 2.17. The smallest absolute Gasteiger partial charge is 0.187 e. The molecule has 0 amide bonds. The van der Waals surface area contributed by atoms with Crippen LogP contribution in [0, 0.1) is 0 Å². The number of nitrogens with two attached hydrogens (primary N) is 1. The zero-order chi connectivity index (χ0) is 9.97. The average molecular weight is 190 g/mol. The zero-order valence-electron chi connectivity index (χ0n) is 7.38. The molecule has 1 aromatic carbocycles. The first kappa shape index (κ1) is 8.43. The van der Waals surface area contributed by atoms with Gasteiger partial charge in [0.1, 0.15) is 0 Å². The topological polar surface area (TPSA) is 76.1 Å². The number of aromatic hydroxyl groups is 1. The van der Waals surface area contributed by atoms with Crippen molar-refractivity contribution in [3.8, 4) is 5.75 Å². The third kappa shape index (κ3) is 1.47. The van der Waals surface area contributed by atoms with Gasteiger partial charge in [0.25, 0.3) is 0 Å². The summed E-state index contributed by atoms with van der Waals surface area (Å²) in [6, 6.07) is 9.44. The van der Waals surface area contributed by atoms with E-state index in [-0.39, 0.29) is 11.6 Å². The molecule has 0 spiro atoms. The van der Waals surface area contributed by atoms with E-state index in [2.05, 4.69) is 10.5 Å². The maximum absolute atomic E-state index is 9.17. The number of nitrogen functional groups attached to an aromatic ring is 1. The Morgan fingerprint density at radius 3 is 2.57 bits per heavy atom. The molecule has 5 heteroatoms. The number of nitrogens with one attached hydrogen (secondary N) is 1. The molecule has 2 rings (SSSR count). The van der Waals surface area contributed by atoms with Gasteiger partial charge in [0.15, 0.2) is 11.6 Å². The second kappa shape index (κ2) is 3.29. The molecule has 5 nitrogen and oxygen atoms in total. The molecule has 72 valence electrons. The van der Waals surface area contributed by atoms with E-state index in [9.17, 15) is 0 Å². The molecule has 0 radical (unpaired) electrons. The SMILES string of the molecule is Nc1c(O)cnn1Nc1ccccc1. The van der Waals surface area contributed by atoms with Crippen LogP contribution in [0.5, 0.6) is 5.75 Å². The summed E-state index contributed by atoms with van der Waals surface area (Å²) in [5.74, 6) is 0.155.